The summed E-state index contributed by atoms with van der Waals surface area (Å²) in [5.74, 6) is 3.19. The zero-order chi connectivity index (χ0) is 19.9. The number of guanidine groups is 1. The first kappa shape index (κ1) is 19.5. The molecule has 0 fully saturated rings. The summed E-state index contributed by atoms with van der Waals surface area (Å²) < 4.78 is 12.8. The molecule has 28 heavy (non-hydrogen) atoms. The highest BCUT2D eigenvalue weighted by Gasteiger charge is 2.07. The summed E-state index contributed by atoms with van der Waals surface area (Å²) in [6, 6.07) is 14.0. The van der Waals surface area contributed by atoms with Crippen molar-refractivity contribution in [3.05, 3.63) is 53.9 Å². The van der Waals surface area contributed by atoms with Crippen molar-refractivity contribution in [3.8, 4) is 11.5 Å². The van der Waals surface area contributed by atoms with Gasteiger partial charge in [0.05, 0.1) is 25.3 Å². The lowest BCUT2D eigenvalue weighted by Crippen LogP contribution is -2.38. The first-order valence-corrected chi connectivity index (χ1v) is 9.23. The summed E-state index contributed by atoms with van der Waals surface area (Å²) in [5.41, 5.74) is 3.25. The number of nitrogens with zero attached hydrogens (tertiary/aromatic N) is 3. The molecule has 2 N–H and O–H groups in total. The molecule has 0 bridgehead atoms. The lowest BCUT2D eigenvalue weighted by atomic mass is 10.2. The third kappa shape index (κ3) is 4.36. The van der Waals surface area contributed by atoms with Gasteiger partial charge in [-0.15, -0.1) is 0 Å². The summed E-state index contributed by atoms with van der Waals surface area (Å²) in [7, 11) is 5.03. The van der Waals surface area contributed by atoms with E-state index >= 15 is 0 Å². The van der Waals surface area contributed by atoms with E-state index in [0.717, 1.165) is 47.2 Å². The molecule has 3 rings (SSSR count). The summed E-state index contributed by atoms with van der Waals surface area (Å²) in [6.45, 7) is 4.22. The molecule has 1 heterocycles. The topological polar surface area (TPSA) is 72.7 Å². The van der Waals surface area contributed by atoms with Crippen molar-refractivity contribution in [3.63, 3.8) is 0 Å². The van der Waals surface area contributed by atoms with Crippen LogP contribution in [0.5, 0.6) is 11.5 Å². The van der Waals surface area contributed by atoms with Crippen LogP contribution in [0.25, 0.3) is 11.0 Å². The molecule has 148 valence electrons. The van der Waals surface area contributed by atoms with Crippen LogP contribution >= 0.6 is 0 Å². The molecule has 0 spiro atoms. The SMILES string of the molecule is CN=C(NCCn1c(C)nc2ccccc21)NCc1ccc(OC)c(OC)c1. The number of hydrogen-bond donors (Lipinski definition) is 2. The van der Waals surface area contributed by atoms with Crippen LogP contribution in [0, 0.1) is 6.92 Å². The highest BCUT2D eigenvalue weighted by atomic mass is 16.5. The lowest BCUT2D eigenvalue weighted by Gasteiger charge is -2.14. The number of ether oxygens (including phenoxy) is 2. The molecular weight excluding hydrogens is 354 g/mol. The first-order chi connectivity index (χ1) is 13.7. The van der Waals surface area contributed by atoms with Crippen molar-refractivity contribution >= 4 is 17.0 Å². The second kappa shape index (κ2) is 9.12. The maximum atomic E-state index is 5.36. The van der Waals surface area contributed by atoms with Gasteiger partial charge in [0.1, 0.15) is 5.82 Å². The van der Waals surface area contributed by atoms with Crippen molar-refractivity contribution in [2.75, 3.05) is 27.8 Å². The Morgan fingerprint density at radius 3 is 2.61 bits per heavy atom. The Bertz CT molecular complexity index is 965. The number of imidazole rings is 1. The van der Waals surface area contributed by atoms with Crippen LogP contribution in [0.3, 0.4) is 0 Å². The molecule has 0 atom stereocenters. The van der Waals surface area contributed by atoms with Gasteiger partial charge in [0.25, 0.3) is 0 Å². The van der Waals surface area contributed by atoms with Crippen molar-refractivity contribution in [2.45, 2.75) is 20.0 Å². The van der Waals surface area contributed by atoms with Crippen LogP contribution in [0.15, 0.2) is 47.5 Å². The lowest BCUT2D eigenvalue weighted by molar-refractivity contribution is 0.354. The predicted molar refractivity (Wildman–Crippen MR) is 112 cm³/mol. The van der Waals surface area contributed by atoms with E-state index in [-0.39, 0.29) is 0 Å². The number of aryl methyl sites for hydroxylation is 1. The van der Waals surface area contributed by atoms with Gasteiger partial charge in [0, 0.05) is 26.7 Å². The minimum Gasteiger partial charge on any atom is -0.493 e. The van der Waals surface area contributed by atoms with Gasteiger partial charge < -0.3 is 24.7 Å². The Kier molecular flexibility index (Phi) is 6.37. The Hall–Kier alpha value is -3.22. The van der Waals surface area contributed by atoms with Crippen LogP contribution in [0.1, 0.15) is 11.4 Å². The van der Waals surface area contributed by atoms with E-state index in [9.17, 15) is 0 Å². The van der Waals surface area contributed by atoms with Crippen molar-refractivity contribution in [2.24, 2.45) is 4.99 Å². The molecular formula is C21H27N5O2. The highest BCUT2D eigenvalue weighted by molar-refractivity contribution is 5.79. The molecule has 0 aliphatic heterocycles. The second-order valence-electron chi connectivity index (χ2n) is 6.34. The second-order valence-corrected chi connectivity index (χ2v) is 6.34. The number of methoxy groups -OCH3 is 2. The smallest absolute Gasteiger partial charge is 0.191 e. The standard InChI is InChI=1S/C21H27N5O2/c1-15-25-17-7-5-6-8-18(17)26(15)12-11-23-21(22-2)24-14-16-9-10-19(27-3)20(13-16)28-4/h5-10,13H,11-12,14H2,1-4H3,(H2,22,23,24). The first-order valence-electron chi connectivity index (χ1n) is 9.23. The Balaban J connectivity index is 1.56. The Morgan fingerprint density at radius 1 is 1.07 bits per heavy atom. The van der Waals surface area contributed by atoms with Crippen molar-refractivity contribution < 1.29 is 9.47 Å². The van der Waals surface area contributed by atoms with Crippen LogP contribution in [0.4, 0.5) is 0 Å². The van der Waals surface area contributed by atoms with E-state index in [0.29, 0.717) is 12.3 Å². The summed E-state index contributed by atoms with van der Waals surface area (Å²) in [6.07, 6.45) is 0. The average Bonchev–Trinajstić information content (AvgIpc) is 3.05. The van der Waals surface area contributed by atoms with Crippen LogP contribution < -0.4 is 20.1 Å². The molecule has 7 heteroatoms. The number of aromatic nitrogens is 2. The molecule has 2 aromatic carbocycles. The molecule has 0 saturated heterocycles. The summed E-state index contributed by atoms with van der Waals surface area (Å²) in [5, 5.41) is 6.68. The van der Waals surface area contributed by atoms with Crippen LogP contribution in [-0.2, 0) is 13.1 Å². The minimum absolute atomic E-state index is 0.632. The fourth-order valence-corrected chi connectivity index (χ4v) is 3.16. The van der Waals surface area contributed by atoms with Gasteiger partial charge in [-0.2, -0.15) is 0 Å². The Labute approximate surface area is 165 Å². The normalized spacial score (nSPS) is 11.5. The van der Waals surface area contributed by atoms with Crippen LogP contribution in [0.2, 0.25) is 0 Å². The van der Waals surface area contributed by atoms with Gasteiger partial charge in [0.15, 0.2) is 17.5 Å². The fourth-order valence-electron chi connectivity index (χ4n) is 3.16. The number of nitrogens with one attached hydrogen (secondary N) is 2. The molecule has 1 aromatic heterocycles. The fraction of sp³-hybridized carbons (Fsp3) is 0.333. The zero-order valence-electron chi connectivity index (χ0n) is 16.8. The number of fused-ring (bicyclic) bond motifs is 1. The molecule has 3 aromatic rings. The average molecular weight is 381 g/mol. The molecule has 0 aliphatic rings. The van der Waals surface area contributed by atoms with Crippen LogP contribution in [-0.4, -0.2) is 43.3 Å². The van der Waals surface area contributed by atoms with E-state index in [1.807, 2.05) is 43.3 Å². The largest absolute Gasteiger partial charge is 0.493 e. The van der Waals surface area contributed by atoms with E-state index in [2.05, 4.69) is 31.2 Å². The Morgan fingerprint density at radius 2 is 1.86 bits per heavy atom. The number of rotatable bonds is 7. The minimum atomic E-state index is 0.632. The molecule has 0 unspecified atom stereocenters. The van der Waals surface area contributed by atoms with Gasteiger partial charge in [0.2, 0.25) is 0 Å². The number of benzene rings is 2. The third-order valence-corrected chi connectivity index (χ3v) is 4.60. The monoisotopic (exact) mass is 381 g/mol. The third-order valence-electron chi connectivity index (χ3n) is 4.60. The summed E-state index contributed by atoms with van der Waals surface area (Å²) >= 11 is 0. The molecule has 0 amide bonds. The van der Waals surface area contributed by atoms with Gasteiger partial charge in [-0.1, -0.05) is 18.2 Å². The molecule has 0 aliphatic carbocycles. The predicted octanol–water partition coefficient (Wildman–Crippen LogP) is 2.73. The van der Waals surface area contributed by atoms with Gasteiger partial charge in [-0.05, 0) is 36.8 Å². The van der Waals surface area contributed by atoms with Crippen molar-refractivity contribution in [1.29, 1.82) is 0 Å². The van der Waals surface area contributed by atoms with Gasteiger partial charge in [-0.3, -0.25) is 4.99 Å². The molecule has 0 radical (unpaired) electrons. The quantitative estimate of drug-likeness (QED) is 0.486. The zero-order valence-corrected chi connectivity index (χ0v) is 16.8. The number of aliphatic imine (C=N–C) groups is 1. The van der Waals surface area contributed by atoms with Gasteiger partial charge >= 0.3 is 0 Å². The highest BCUT2D eigenvalue weighted by Crippen LogP contribution is 2.27. The number of para-hydroxylation sites is 2. The van der Waals surface area contributed by atoms with E-state index in [1.54, 1.807) is 21.3 Å². The maximum absolute atomic E-state index is 5.36. The number of hydrogen-bond acceptors (Lipinski definition) is 4. The summed E-state index contributed by atoms with van der Waals surface area (Å²) in [4.78, 5) is 8.90. The van der Waals surface area contributed by atoms with E-state index in [4.69, 9.17) is 9.47 Å². The maximum Gasteiger partial charge on any atom is 0.191 e. The molecule has 7 nitrogen and oxygen atoms in total. The van der Waals surface area contributed by atoms with E-state index in [1.165, 1.54) is 0 Å². The van der Waals surface area contributed by atoms with Crippen molar-refractivity contribution in [1.82, 2.24) is 20.2 Å². The van der Waals surface area contributed by atoms with Gasteiger partial charge in [-0.25, -0.2) is 4.98 Å². The van der Waals surface area contributed by atoms with E-state index < -0.39 is 0 Å². The molecule has 0 saturated carbocycles.